The van der Waals surface area contributed by atoms with Crippen molar-refractivity contribution in [2.75, 3.05) is 0 Å². The summed E-state index contributed by atoms with van der Waals surface area (Å²) in [7, 11) is 0. The van der Waals surface area contributed by atoms with Crippen molar-refractivity contribution in [1.82, 2.24) is 5.32 Å². The summed E-state index contributed by atoms with van der Waals surface area (Å²) in [5, 5.41) is 11.5. The molecule has 0 bridgehead atoms. The first kappa shape index (κ1) is 16.5. The zero-order valence-corrected chi connectivity index (χ0v) is 11.7. The van der Waals surface area contributed by atoms with Gasteiger partial charge in [-0.05, 0) is 29.8 Å². The third-order valence-electron chi connectivity index (χ3n) is 3.13. The van der Waals surface area contributed by atoms with Crippen molar-refractivity contribution in [3.05, 3.63) is 71.3 Å². The molecule has 4 nitrogen and oxygen atoms in total. The molecule has 0 fully saturated rings. The van der Waals surface area contributed by atoms with Crippen LogP contribution in [-0.2, 0) is 11.0 Å². The molecule has 1 atom stereocenters. The molecular weight excluding hydrogens is 311 g/mol. The molecular formula is C16H12F3NO3. The lowest BCUT2D eigenvalue weighted by Crippen LogP contribution is -2.33. The molecule has 0 aliphatic carbocycles. The quantitative estimate of drug-likeness (QED) is 0.907. The number of benzene rings is 2. The molecule has 0 aliphatic rings. The molecule has 0 spiro atoms. The smallest absolute Gasteiger partial charge is 0.416 e. The Balaban J connectivity index is 2.18. The van der Waals surface area contributed by atoms with Crippen LogP contribution in [0.15, 0.2) is 54.6 Å². The molecule has 0 saturated heterocycles. The second-order valence-electron chi connectivity index (χ2n) is 4.73. The van der Waals surface area contributed by atoms with E-state index in [1.165, 1.54) is 12.1 Å². The van der Waals surface area contributed by atoms with E-state index in [0.717, 1.165) is 24.3 Å². The molecule has 2 aromatic rings. The van der Waals surface area contributed by atoms with Crippen LogP contribution in [0.3, 0.4) is 0 Å². The first-order valence-electron chi connectivity index (χ1n) is 6.55. The number of rotatable bonds is 4. The Labute approximate surface area is 129 Å². The van der Waals surface area contributed by atoms with E-state index in [-0.39, 0.29) is 5.56 Å². The molecule has 2 aromatic carbocycles. The van der Waals surface area contributed by atoms with Crippen LogP contribution >= 0.6 is 0 Å². The minimum Gasteiger partial charge on any atom is -0.479 e. The van der Waals surface area contributed by atoms with E-state index in [1.54, 1.807) is 18.2 Å². The lowest BCUT2D eigenvalue weighted by molar-refractivity contribution is -0.139. The van der Waals surface area contributed by atoms with Gasteiger partial charge in [0.1, 0.15) is 0 Å². The fourth-order valence-electron chi connectivity index (χ4n) is 1.96. The predicted molar refractivity (Wildman–Crippen MR) is 75.7 cm³/mol. The van der Waals surface area contributed by atoms with Crippen molar-refractivity contribution in [2.45, 2.75) is 12.2 Å². The number of nitrogens with one attached hydrogen (secondary N) is 1. The number of hydrogen-bond donors (Lipinski definition) is 2. The summed E-state index contributed by atoms with van der Waals surface area (Å²) in [6.07, 6.45) is -4.50. The molecule has 120 valence electrons. The second kappa shape index (κ2) is 6.51. The summed E-state index contributed by atoms with van der Waals surface area (Å²) in [4.78, 5) is 23.3. The van der Waals surface area contributed by atoms with Crippen molar-refractivity contribution in [1.29, 1.82) is 0 Å². The molecule has 0 saturated carbocycles. The number of carbonyl (C=O) groups excluding carboxylic acids is 1. The van der Waals surface area contributed by atoms with Crippen LogP contribution in [0, 0.1) is 0 Å². The maximum atomic E-state index is 12.5. The van der Waals surface area contributed by atoms with Gasteiger partial charge in [0.2, 0.25) is 0 Å². The molecule has 0 aromatic heterocycles. The average Bonchev–Trinajstić information content (AvgIpc) is 2.52. The third-order valence-corrected chi connectivity index (χ3v) is 3.13. The van der Waals surface area contributed by atoms with Gasteiger partial charge in [-0.25, -0.2) is 4.79 Å². The molecule has 7 heteroatoms. The summed E-state index contributed by atoms with van der Waals surface area (Å²) >= 11 is 0. The van der Waals surface area contributed by atoms with Crippen molar-refractivity contribution in [3.63, 3.8) is 0 Å². The molecule has 0 unspecified atom stereocenters. The van der Waals surface area contributed by atoms with Crippen LogP contribution in [0.1, 0.15) is 27.5 Å². The van der Waals surface area contributed by atoms with Crippen LogP contribution in [0.4, 0.5) is 13.2 Å². The van der Waals surface area contributed by atoms with Gasteiger partial charge in [-0.1, -0.05) is 30.3 Å². The van der Waals surface area contributed by atoms with Crippen molar-refractivity contribution >= 4 is 11.9 Å². The molecule has 23 heavy (non-hydrogen) atoms. The zero-order valence-electron chi connectivity index (χ0n) is 11.7. The van der Waals surface area contributed by atoms with E-state index in [9.17, 15) is 27.9 Å². The highest BCUT2D eigenvalue weighted by Crippen LogP contribution is 2.29. The average molecular weight is 323 g/mol. The maximum absolute atomic E-state index is 12.5. The van der Waals surface area contributed by atoms with Crippen molar-refractivity contribution in [2.24, 2.45) is 0 Å². The molecule has 0 heterocycles. The lowest BCUT2D eigenvalue weighted by Gasteiger charge is -2.15. The largest absolute Gasteiger partial charge is 0.479 e. The summed E-state index contributed by atoms with van der Waals surface area (Å²) in [5.74, 6) is -2.04. The van der Waals surface area contributed by atoms with Crippen LogP contribution in [0.5, 0.6) is 0 Å². The van der Waals surface area contributed by atoms with Gasteiger partial charge >= 0.3 is 12.1 Å². The number of aliphatic carboxylic acids is 1. The Bertz CT molecular complexity index is 697. The number of halogens is 3. The van der Waals surface area contributed by atoms with Crippen LogP contribution in [-0.4, -0.2) is 17.0 Å². The number of alkyl halides is 3. The topological polar surface area (TPSA) is 66.4 Å². The first-order valence-corrected chi connectivity index (χ1v) is 6.55. The van der Waals surface area contributed by atoms with Gasteiger partial charge < -0.3 is 10.4 Å². The predicted octanol–water partition coefficient (Wildman–Crippen LogP) is 3.26. The van der Waals surface area contributed by atoms with Crippen LogP contribution in [0.25, 0.3) is 0 Å². The number of hydrogen-bond acceptors (Lipinski definition) is 2. The summed E-state index contributed by atoms with van der Waals surface area (Å²) in [6, 6.07) is 10.3. The number of carboxylic acids is 1. The summed E-state index contributed by atoms with van der Waals surface area (Å²) in [6.45, 7) is 0. The maximum Gasteiger partial charge on any atom is 0.416 e. The van der Waals surface area contributed by atoms with E-state index in [2.05, 4.69) is 5.32 Å². The molecule has 1 amide bonds. The van der Waals surface area contributed by atoms with Crippen LogP contribution < -0.4 is 5.32 Å². The molecule has 2 N–H and O–H groups in total. The van der Waals surface area contributed by atoms with Gasteiger partial charge in [-0.15, -0.1) is 0 Å². The number of amides is 1. The second-order valence-corrected chi connectivity index (χ2v) is 4.73. The number of carboxylic acid groups (broad SMARTS) is 1. The van der Waals surface area contributed by atoms with E-state index in [0.29, 0.717) is 5.56 Å². The van der Waals surface area contributed by atoms with E-state index in [1.807, 2.05) is 0 Å². The minimum atomic E-state index is -4.50. The molecule has 2 rings (SSSR count). The van der Waals surface area contributed by atoms with Gasteiger partial charge in [0.15, 0.2) is 6.04 Å². The lowest BCUT2D eigenvalue weighted by atomic mass is 10.1. The fourth-order valence-corrected chi connectivity index (χ4v) is 1.96. The van der Waals surface area contributed by atoms with Gasteiger partial charge in [-0.3, -0.25) is 4.79 Å². The summed E-state index contributed by atoms with van der Waals surface area (Å²) in [5.41, 5.74) is -0.577. The van der Waals surface area contributed by atoms with E-state index < -0.39 is 29.7 Å². The Hall–Kier alpha value is -2.83. The normalized spacial score (nSPS) is 12.5. The zero-order chi connectivity index (χ0) is 17.0. The highest BCUT2D eigenvalue weighted by molar-refractivity contribution is 5.96. The number of carbonyl (C=O) groups is 2. The Morgan fingerprint density at radius 2 is 1.52 bits per heavy atom. The molecule has 0 radical (unpaired) electrons. The van der Waals surface area contributed by atoms with Gasteiger partial charge in [0, 0.05) is 5.56 Å². The van der Waals surface area contributed by atoms with Crippen LogP contribution in [0.2, 0.25) is 0 Å². The monoisotopic (exact) mass is 323 g/mol. The Morgan fingerprint density at radius 3 is 2.00 bits per heavy atom. The highest BCUT2D eigenvalue weighted by atomic mass is 19.4. The fraction of sp³-hybridized carbons (Fsp3) is 0.125. The third kappa shape index (κ3) is 4.09. The first-order chi connectivity index (χ1) is 10.8. The van der Waals surface area contributed by atoms with Gasteiger partial charge in [0.05, 0.1) is 5.56 Å². The standard InChI is InChI=1S/C16H12F3NO3/c17-16(18,19)12-8-6-11(7-9-12)14(21)20-13(15(22)23)10-4-2-1-3-5-10/h1-9,13H,(H,20,21)(H,22,23)/t13-/m1/s1. The Morgan fingerprint density at radius 1 is 0.957 bits per heavy atom. The van der Waals surface area contributed by atoms with E-state index in [4.69, 9.17) is 0 Å². The van der Waals surface area contributed by atoms with Crippen molar-refractivity contribution in [3.8, 4) is 0 Å². The van der Waals surface area contributed by atoms with E-state index >= 15 is 0 Å². The summed E-state index contributed by atoms with van der Waals surface area (Å²) < 4.78 is 37.4. The Kier molecular flexibility index (Phi) is 4.68. The SMILES string of the molecule is O=C(N[C@@H](C(=O)O)c1ccccc1)c1ccc(C(F)(F)F)cc1. The highest BCUT2D eigenvalue weighted by Gasteiger charge is 2.30. The molecule has 0 aliphatic heterocycles. The van der Waals surface area contributed by atoms with Gasteiger partial charge in [-0.2, -0.15) is 13.2 Å². The minimum absolute atomic E-state index is 0.0554. The van der Waals surface area contributed by atoms with Gasteiger partial charge in [0.25, 0.3) is 5.91 Å². The van der Waals surface area contributed by atoms with Crippen molar-refractivity contribution < 1.29 is 27.9 Å².